The van der Waals surface area contributed by atoms with Crippen LogP contribution in [0.5, 0.6) is 0 Å². The van der Waals surface area contributed by atoms with Crippen LogP contribution in [0.15, 0.2) is 36.5 Å². The summed E-state index contributed by atoms with van der Waals surface area (Å²) in [6.45, 7) is 2.33. The number of anilines is 1. The Hall–Kier alpha value is -3.01. The van der Waals surface area contributed by atoms with Gasteiger partial charge in [0.1, 0.15) is 12.3 Å². The average molecular weight is 484 g/mol. The molecule has 4 rings (SSSR count). The van der Waals surface area contributed by atoms with Gasteiger partial charge in [0.2, 0.25) is 11.9 Å². The van der Waals surface area contributed by atoms with Gasteiger partial charge in [0.05, 0.1) is 5.69 Å². The Kier molecular flexibility index (Phi) is 7.77. The van der Waals surface area contributed by atoms with Crippen molar-refractivity contribution in [3.8, 4) is 22.5 Å². The van der Waals surface area contributed by atoms with Crippen molar-refractivity contribution in [3.05, 3.63) is 47.2 Å². The van der Waals surface area contributed by atoms with E-state index in [4.69, 9.17) is 16.6 Å². The number of aliphatic hydroxyl groups excluding tert-OH is 1. The Morgan fingerprint density at radius 2 is 2.09 bits per heavy atom. The summed E-state index contributed by atoms with van der Waals surface area (Å²) in [4.78, 5) is 24.9. The molecule has 2 aromatic heterocycles. The van der Waals surface area contributed by atoms with Crippen LogP contribution >= 0.6 is 11.6 Å². The van der Waals surface area contributed by atoms with E-state index in [1.54, 1.807) is 11.1 Å². The molecule has 3 aromatic rings. The maximum atomic E-state index is 11.9. The molecule has 0 spiro atoms. The van der Waals surface area contributed by atoms with E-state index in [0.29, 0.717) is 24.1 Å². The molecule has 1 aliphatic heterocycles. The quantitative estimate of drug-likeness (QED) is 0.452. The van der Waals surface area contributed by atoms with Gasteiger partial charge in [-0.05, 0) is 45.1 Å². The van der Waals surface area contributed by atoms with Gasteiger partial charge in [0, 0.05) is 60.1 Å². The third kappa shape index (κ3) is 5.55. The largest absolute Gasteiger partial charge is 0.387 e. The number of rotatable bonds is 8. The Balaban J connectivity index is 1.68. The number of likely N-dealkylation sites (N-methyl/N-ethyl adjacent to an activating group) is 1. The number of benzene rings is 1. The van der Waals surface area contributed by atoms with Gasteiger partial charge in [-0.15, -0.1) is 0 Å². The summed E-state index contributed by atoms with van der Waals surface area (Å²) in [7, 11) is 4.04. The van der Waals surface area contributed by atoms with Gasteiger partial charge in [-0.25, -0.2) is 9.97 Å². The Morgan fingerprint density at radius 3 is 2.79 bits per heavy atom. The molecule has 0 radical (unpaired) electrons. The summed E-state index contributed by atoms with van der Waals surface area (Å²) in [5.41, 5.74) is 4.37. The number of aliphatic hydroxyl groups is 1. The molecule has 3 heterocycles. The second-order valence-electron chi connectivity index (χ2n) is 8.68. The van der Waals surface area contributed by atoms with E-state index in [1.165, 1.54) is 0 Å². The SMILES string of the molecule is CN(C)CCNc1nccc(-c2c(-c3cccc(Cl)c3)n[nH]c2C2CCN(C(=O)CO)CC2)n1. The lowest BCUT2D eigenvalue weighted by atomic mass is 9.89. The molecule has 1 saturated heterocycles. The van der Waals surface area contributed by atoms with Gasteiger partial charge in [-0.2, -0.15) is 5.10 Å². The molecular formula is C24H30ClN7O2. The van der Waals surface area contributed by atoms with Crippen LogP contribution in [0.1, 0.15) is 24.5 Å². The van der Waals surface area contributed by atoms with Gasteiger partial charge in [0.25, 0.3) is 0 Å². The standard InChI is InChI=1S/C24H30ClN7O2/c1-31(2)13-10-27-24-26-9-6-19(28-24)21-22(16-7-11-32(12-8-16)20(34)15-33)29-30-23(21)17-4-3-5-18(25)14-17/h3-6,9,14,16,33H,7-8,10-13,15H2,1-2H3,(H,29,30)(H,26,27,28). The van der Waals surface area contributed by atoms with Gasteiger partial charge < -0.3 is 20.2 Å². The first-order valence-corrected chi connectivity index (χ1v) is 11.8. The predicted molar refractivity (Wildman–Crippen MR) is 133 cm³/mol. The topological polar surface area (TPSA) is 110 Å². The Morgan fingerprint density at radius 1 is 1.29 bits per heavy atom. The highest BCUT2D eigenvalue weighted by Crippen LogP contribution is 2.39. The molecule has 0 unspecified atom stereocenters. The number of H-pyrrole nitrogens is 1. The summed E-state index contributed by atoms with van der Waals surface area (Å²) < 4.78 is 0. The van der Waals surface area contributed by atoms with E-state index in [0.717, 1.165) is 54.1 Å². The fourth-order valence-electron chi connectivity index (χ4n) is 4.25. The van der Waals surface area contributed by atoms with Crippen LogP contribution in [0.4, 0.5) is 5.95 Å². The fraction of sp³-hybridized carbons (Fsp3) is 0.417. The van der Waals surface area contributed by atoms with Crippen LogP contribution in [-0.4, -0.2) is 87.9 Å². The predicted octanol–water partition coefficient (Wildman–Crippen LogP) is 2.86. The average Bonchev–Trinajstić information content (AvgIpc) is 3.29. The Bertz CT molecular complexity index is 1130. The lowest BCUT2D eigenvalue weighted by molar-refractivity contribution is -0.135. The van der Waals surface area contributed by atoms with E-state index in [9.17, 15) is 9.90 Å². The van der Waals surface area contributed by atoms with E-state index in [2.05, 4.69) is 25.4 Å². The molecule has 34 heavy (non-hydrogen) atoms. The smallest absolute Gasteiger partial charge is 0.248 e. The van der Waals surface area contributed by atoms with Gasteiger partial charge >= 0.3 is 0 Å². The summed E-state index contributed by atoms with van der Waals surface area (Å²) >= 11 is 6.28. The number of hydrogen-bond acceptors (Lipinski definition) is 7. The number of likely N-dealkylation sites (tertiary alicyclic amines) is 1. The van der Waals surface area contributed by atoms with Gasteiger partial charge in [-0.3, -0.25) is 9.89 Å². The van der Waals surface area contributed by atoms with Gasteiger partial charge in [0.15, 0.2) is 0 Å². The number of piperidine rings is 1. The number of nitrogens with one attached hydrogen (secondary N) is 2. The molecule has 0 aliphatic carbocycles. The number of carbonyl (C=O) groups excluding carboxylic acids is 1. The normalized spacial score (nSPS) is 14.6. The van der Waals surface area contributed by atoms with Crippen LogP contribution < -0.4 is 5.32 Å². The second-order valence-corrected chi connectivity index (χ2v) is 9.12. The minimum absolute atomic E-state index is 0.179. The molecule has 10 heteroatoms. The number of hydrogen-bond donors (Lipinski definition) is 3. The molecule has 1 aromatic carbocycles. The van der Waals surface area contributed by atoms with Crippen molar-refractivity contribution >= 4 is 23.5 Å². The van der Waals surface area contributed by atoms with Crippen LogP contribution in [0.25, 0.3) is 22.5 Å². The molecule has 1 aliphatic rings. The molecule has 0 atom stereocenters. The number of nitrogens with zero attached hydrogens (tertiary/aromatic N) is 5. The summed E-state index contributed by atoms with van der Waals surface area (Å²) in [5, 5.41) is 21.1. The molecule has 0 saturated carbocycles. The first-order valence-electron chi connectivity index (χ1n) is 11.4. The van der Waals surface area contributed by atoms with E-state index >= 15 is 0 Å². The van der Waals surface area contributed by atoms with Crippen molar-refractivity contribution in [1.29, 1.82) is 0 Å². The third-order valence-corrected chi connectivity index (χ3v) is 6.27. The molecule has 1 fully saturated rings. The zero-order chi connectivity index (χ0) is 24.1. The molecule has 1 amide bonds. The van der Waals surface area contributed by atoms with Crippen LogP contribution in [0, 0.1) is 0 Å². The monoisotopic (exact) mass is 483 g/mol. The highest BCUT2D eigenvalue weighted by Gasteiger charge is 2.29. The Labute approximate surface area is 204 Å². The third-order valence-electron chi connectivity index (χ3n) is 6.04. The zero-order valence-corrected chi connectivity index (χ0v) is 20.2. The molecule has 0 bridgehead atoms. The van der Waals surface area contributed by atoms with Crippen molar-refractivity contribution in [1.82, 2.24) is 30.0 Å². The van der Waals surface area contributed by atoms with Crippen LogP contribution in [-0.2, 0) is 4.79 Å². The maximum Gasteiger partial charge on any atom is 0.248 e. The maximum absolute atomic E-state index is 11.9. The highest BCUT2D eigenvalue weighted by atomic mass is 35.5. The van der Waals surface area contributed by atoms with Crippen molar-refractivity contribution < 1.29 is 9.90 Å². The lowest BCUT2D eigenvalue weighted by Gasteiger charge is -2.31. The number of amides is 1. The summed E-state index contributed by atoms with van der Waals surface area (Å²) in [6, 6.07) is 9.51. The lowest BCUT2D eigenvalue weighted by Crippen LogP contribution is -2.39. The zero-order valence-electron chi connectivity index (χ0n) is 19.5. The van der Waals surface area contributed by atoms with Crippen LogP contribution in [0.3, 0.4) is 0 Å². The fourth-order valence-corrected chi connectivity index (χ4v) is 4.44. The molecule has 9 nitrogen and oxygen atoms in total. The first kappa shape index (κ1) is 24.1. The minimum Gasteiger partial charge on any atom is -0.387 e. The van der Waals surface area contributed by atoms with Crippen molar-refractivity contribution in [2.24, 2.45) is 0 Å². The van der Waals surface area contributed by atoms with Gasteiger partial charge in [-0.1, -0.05) is 23.7 Å². The summed E-state index contributed by atoms with van der Waals surface area (Å²) in [6.07, 6.45) is 3.30. The first-order chi connectivity index (χ1) is 16.5. The van der Waals surface area contributed by atoms with E-state index in [1.807, 2.05) is 44.4 Å². The molecule has 180 valence electrons. The number of aromatic nitrogens is 4. The molecule has 3 N–H and O–H groups in total. The van der Waals surface area contributed by atoms with E-state index < -0.39 is 6.61 Å². The molecular weight excluding hydrogens is 454 g/mol. The second kappa shape index (κ2) is 10.9. The number of carbonyl (C=O) groups is 1. The summed E-state index contributed by atoms with van der Waals surface area (Å²) in [5.74, 6) is 0.511. The van der Waals surface area contributed by atoms with Crippen molar-refractivity contribution in [3.63, 3.8) is 0 Å². The van der Waals surface area contributed by atoms with Crippen LogP contribution in [0.2, 0.25) is 5.02 Å². The van der Waals surface area contributed by atoms with Crippen molar-refractivity contribution in [2.75, 3.05) is 52.2 Å². The van der Waals surface area contributed by atoms with Crippen molar-refractivity contribution in [2.45, 2.75) is 18.8 Å². The highest BCUT2D eigenvalue weighted by molar-refractivity contribution is 6.30. The van der Waals surface area contributed by atoms with E-state index in [-0.39, 0.29) is 11.8 Å². The number of aromatic amines is 1. The number of halogens is 1. The minimum atomic E-state index is -0.455.